The summed E-state index contributed by atoms with van der Waals surface area (Å²) in [7, 11) is 0. The van der Waals surface area contributed by atoms with Gasteiger partial charge in [-0.1, -0.05) is 33.6 Å². The highest BCUT2D eigenvalue weighted by Crippen LogP contribution is 2.53. The van der Waals surface area contributed by atoms with Gasteiger partial charge in [0.05, 0.1) is 10.8 Å². The molecular weight excluding hydrogens is 244 g/mol. The lowest BCUT2D eigenvalue weighted by atomic mass is 9.72. The van der Waals surface area contributed by atoms with Gasteiger partial charge in [0, 0.05) is 6.42 Å². The van der Waals surface area contributed by atoms with Crippen molar-refractivity contribution >= 4 is 11.6 Å². The molecule has 19 heavy (non-hydrogen) atoms. The van der Waals surface area contributed by atoms with Crippen LogP contribution in [0.5, 0.6) is 0 Å². The van der Waals surface area contributed by atoms with E-state index in [0.29, 0.717) is 6.42 Å². The maximum atomic E-state index is 12.3. The van der Waals surface area contributed by atoms with Crippen LogP contribution in [0.4, 0.5) is 0 Å². The lowest BCUT2D eigenvalue weighted by molar-refractivity contribution is -0.166. The first-order valence-corrected chi connectivity index (χ1v) is 7.03. The number of unbranched alkanes of at least 4 members (excludes halogenated alkanes) is 2. The lowest BCUT2D eigenvalue weighted by Gasteiger charge is -2.36. The van der Waals surface area contributed by atoms with Gasteiger partial charge in [0.15, 0.2) is 11.4 Å². The molecule has 1 saturated carbocycles. The summed E-state index contributed by atoms with van der Waals surface area (Å²) in [6, 6.07) is 0. The smallest absolute Gasteiger partial charge is 0.168 e. The van der Waals surface area contributed by atoms with E-state index in [1.165, 1.54) is 0 Å². The molecule has 0 amide bonds. The fourth-order valence-corrected chi connectivity index (χ4v) is 3.19. The summed E-state index contributed by atoms with van der Waals surface area (Å²) in [5.41, 5.74) is -4.32. The van der Waals surface area contributed by atoms with Crippen molar-refractivity contribution in [2.24, 2.45) is 10.8 Å². The van der Waals surface area contributed by atoms with Crippen LogP contribution in [-0.4, -0.2) is 33.5 Å². The molecule has 2 atom stereocenters. The van der Waals surface area contributed by atoms with Crippen LogP contribution in [0.15, 0.2) is 0 Å². The van der Waals surface area contributed by atoms with E-state index >= 15 is 0 Å². The predicted molar refractivity (Wildman–Crippen MR) is 72.7 cm³/mol. The second-order valence-electron chi connectivity index (χ2n) is 6.73. The molecule has 1 aliphatic carbocycles. The molecule has 1 rings (SSSR count). The topological polar surface area (TPSA) is 74.6 Å². The number of ketones is 2. The summed E-state index contributed by atoms with van der Waals surface area (Å²) in [6.45, 7) is 8.29. The number of Topliss-reactive ketones (excluding diaryl/α,β-unsaturated/α-hetero) is 2. The van der Waals surface area contributed by atoms with Gasteiger partial charge in [0.25, 0.3) is 0 Å². The first-order chi connectivity index (χ1) is 8.54. The number of carbonyl (C=O) groups is 2. The van der Waals surface area contributed by atoms with E-state index in [2.05, 4.69) is 0 Å². The zero-order valence-corrected chi connectivity index (χ0v) is 12.6. The normalized spacial score (nSPS) is 32.6. The zero-order valence-electron chi connectivity index (χ0n) is 12.6. The van der Waals surface area contributed by atoms with Crippen molar-refractivity contribution in [3.63, 3.8) is 0 Å². The van der Waals surface area contributed by atoms with Gasteiger partial charge in [0.2, 0.25) is 0 Å². The Hall–Kier alpha value is -0.740. The van der Waals surface area contributed by atoms with Gasteiger partial charge in [-0.2, -0.15) is 0 Å². The summed E-state index contributed by atoms with van der Waals surface area (Å²) in [6.07, 6.45) is 1.40. The first kappa shape index (κ1) is 16.3. The minimum Gasteiger partial charge on any atom is -0.389 e. The van der Waals surface area contributed by atoms with Crippen LogP contribution in [0.2, 0.25) is 0 Å². The third-order valence-electron chi connectivity index (χ3n) is 4.62. The van der Waals surface area contributed by atoms with Crippen LogP contribution < -0.4 is 0 Å². The number of hydrogen-bond acceptors (Lipinski definition) is 4. The molecule has 0 spiro atoms. The Labute approximate surface area is 115 Å². The van der Waals surface area contributed by atoms with Gasteiger partial charge in [-0.05, 0) is 20.3 Å². The van der Waals surface area contributed by atoms with E-state index in [1.807, 2.05) is 6.92 Å². The number of aliphatic hydroxyl groups excluding tert-OH is 1. The van der Waals surface area contributed by atoms with Crippen LogP contribution in [0.3, 0.4) is 0 Å². The van der Waals surface area contributed by atoms with Gasteiger partial charge >= 0.3 is 0 Å². The van der Waals surface area contributed by atoms with Gasteiger partial charge in [-0.3, -0.25) is 9.59 Å². The zero-order chi connectivity index (χ0) is 15.1. The third-order valence-corrected chi connectivity index (χ3v) is 4.62. The fraction of sp³-hybridized carbons (Fsp3) is 0.867. The highest BCUT2D eigenvalue weighted by molar-refractivity contribution is 6.04. The molecule has 0 aromatic carbocycles. The van der Waals surface area contributed by atoms with Gasteiger partial charge in [0.1, 0.15) is 11.9 Å². The Kier molecular flexibility index (Phi) is 4.28. The molecule has 110 valence electrons. The highest BCUT2D eigenvalue weighted by atomic mass is 16.4. The van der Waals surface area contributed by atoms with E-state index in [-0.39, 0.29) is 12.2 Å². The van der Waals surface area contributed by atoms with Crippen molar-refractivity contribution in [1.29, 1.82) is 0 Å². The largest absolute Gasteiger partial charge is 0.389 e. The standard InChI is InChI=1S/C15H26O4/c1-6-7-8-9-10(16)15(19)12(18)13(2,3)11(17)14(15,4)5/h12,18-19H,6-9H2,1-5H3/t12-,15-/m0/s1. The Morgan fingerprint density at radius 3 is 2.11 bits per heavy atom. The SMILES string of the molecule is CCCCCC(=O)[C@]1(O)[C@@H](O)C(C)(C)C(=O)C1(C)C. The summed E-state index contributed by atoms with van der Waals surface area (Å²) >= 11 is 0. The molecule has 0 aromatic rings. The molecule has 0 aromatic heterocycles. The minimum absolute atomic E-state index is 0.203. The molecule has 1 aliphatic rings. The Morgan fingerprint density at radius 2 is 1.74 bits per heavy atom. The van der Waals surface area contributed by atoms with Crippen molar-refractivity contribution in [1.82, 2.24) is 0 Å². The van der Waals surface area contributed by atoms with E-state index in [9.17, 15) is 19.8 Å². The van der Waals surface area contributed by atoms with E-state index < -0.39 is 28.3 Å². The molecule has 4 heteroatoms. The molecule has 2 N–H and O–H groups in total. The maximum Gasteiger partial charge on any atom is 0.168 e. The fourth-order valence-electron chi connectivity index (χ4n) is 3.19. The van der Waals surface area contributed by atoms with Gasteiger partial charge in [-0.15, -0.1) is 0 Å². The Balaban J connectivity index is 3.08. The van der Waals surface area contributed by atoms with Crippen LogP contribution in [0.1, 0.15) is 60.3 Å². The molecule has 0 aliphatic heterocycles. The van der Waals surface area contributed by atoms with Crippen LogP contribution in [0.25, 0.3) is 0 Å². The molecule has 0 unspecified atom stereocenters. The van der Waals surface area contributed by atoms with Crippen LogP contribution in [-0.2, 0) is 9.59 Å². The average molecular weight is 270 g/mol. The van der Waals surface area contributed by atoms with Crippen LogP contribution in [0, 0.1) is 10.8 Å². The second-order valence-corrected chi connectivity index (χ2v) is 6.73. The summed E-state index contributed by atoms with van der Waals surface area (Å²) in [5.74, 6) is -0.684. The summed E-state index contributed by atoms with van der Waals surface area (Å²) in [5, 5.41) is 21.1. The number of aliphatic hydroxyl groups is 2. The van der Waals surface area contributed by atoms with Crippen molar-refractivity contribution < 1.29 is 19.8 Å². The number of carbonyl (C=O) groups excluding carboxylic acids is 2. The van der Waals surface area contributed by atoms with Crippen molar-refractivity contribution in [3.8, 4) is 0 Å². The molecule has 0 bridgehead atoms. The molecule has 1 fully saturated rings. The quantitative estimate of drug-likeness (QED) is 0.748. The monoisotopic (exact) mass is 270 g/mol. The second kappa shape index (κ2) is 4.98. The molecule has 4 nitrogen and oxygen atoms in total. The lowest BCUT2D eigenvalue weighted by Crippen LogP contribution is -2.56. The summed E-state index contributed by atoms with van der Waals surface area (Å²) in [4.78, 5) is 24.7. The van der Waals surface area contributed by atoms with E-state index in [4.69, 9.17) is 0 Å². The van der Waals surface area contributed by atoms with Crippen molar-refractivity contribution in [2.75, 3.05) is 0 Å². The van der Waals surface area contributed by atoms with Crippen LogP contribution >= 0.6 is 0 Å². The third kappa shape index (κ3) is 2.15. The molecule has 0 heterocycles. The maximum absolute atomic E-state index is 12.3. The Bertz CT molecular complexity index is 384. The predicted octanol–water partition coefficient (Wildman–Crippen LogP) is 1.86. The van der Waals surface area contributed by atoms with Crippen molar-refractivity contribution in [2.45, 2.75) is 72.0 Å². The van der Waals surface area contributed by atoms with E-state index in [0.717, 1.165) is 12.8 Å². The number of rotatable bonds is 5. The Morgan fingerprint density at radius 1 is 1.21 bits per heavy atom. The van der Waals surface area contributed by atoms with Gasteiger partial charge in [-0.25, -0.2) is 0 Å². The van der Waals surface area contributed by atoms with Gasteiger partial charge < -0.3 is 10.2 Å². The highest BCUT2D eigenvalue weighted by Gasteiger charge is 2.70. The molecule has 0 radical (unpaired) electrons. The minimum atomic E-state index is -1.97. The van der Waals surface area contributed by atoms with Crippen molar-refractivity contribution in [3.05, 3.63) is 0 Å². The molecular formula is C15H26O4. The average Bonchev–Trinajstić information content (AvgIpc) is 2.42. The number of hydrogen-bond donors (Lipinski definition) is 2. The summed E-state index contributed by atoms with van der Waals surface area (Å²) < 4.78 is 0. The first-order valence-electron chi connectivity index (χ1n) is 7.03. The van der Waals surface area contributed by atoms with E-state index in [1.54, 1.807) is 27.7 Å². The molecule has 0 saturated heterocycles.